The van der Waals surface area contributed by atoms with Crippen LogP contribution >= 0.6 is 0 Å². The van der Waals surface area contributed by atoms with Gasteiger partial charge in [-0.3, -0.25) is 14.7 Å². The molecule has 0 aliphatic carbocycles. The molecule has 0 saturated carbocycles. The standard InChI is InChI=1S/C29H27F6N3O2/c1-17(2)18-8-11-21(12-9-18)38-24(19-6-5-7-22(14-19)40-29(33,34)35)15-23(26(38)39)37-27(3,4)20-10-13-25(36-16-20)28(30,31)32/h5-17,24,37H,1-4H3. The molecule has 0 bridgehead atoms. The molecule has 1 aliphatic rings. The molecule has 0 radical (unpaired) electrons. The van der Waals surface area contributed by atoms with E-state index in [4.69, 9.17) is 0 Å². The summed E-state index contributed by atoms with van der Waals surface area (Å²) in [7, 11) is 0. The van der Waals surface area contributed by atoms with E-state index in [0.29, 0.717) is 16.8 Å². The predicted molar refractivity (Wildman–Crippen MR) is 137 cm³/mol. The maximum absolute atomic E-state index is 13.7. The lowest BCUT2D eigenvalue weighted by molar-refractivity contribution is -0.274. The Morgan fingerprint density at radius 2 is 1.62 bits per heavy atom. The Labute approximate surface area is 227 Å². The van der Waals surface area contributed by atoms with Crippen LogP contribution in [-0.2, 0) is 16.5 Å². The molecule has 1 aliphatic heterocycles. The van der Waals surface area contributed by atoms with Gasteiger partial charge in [-0.2, -0.15) is 13.2 Å². The van der Waals surface area contributed by atoms with Crippen LogP contribution in [-0.4, -0.2) is 17.3 Å². The average Bonchev–Trinajstić information content (AvgIpc) is 3.18. The number of hydrogen-bond donors (Lipinski definition) is 1. The molecular weight excluding hydrogens is 536 g/mol. The van der Waals surface area contributed by atoms with Gasteiger partial charge in [-0.1, -0.05) is 44.2 Å². The number of hydrogen-bond acceptors (Lipinski definition) is 4. The lowest BCUT2D eigenvalue weighted by Crippen LogP contribution is -2.40. The van der Waals surface area contributed by atoms with Crippen molar-refractivity contribution < 1.29 is 35.9 Å². The Morgan fingerprint density at radius 1 is 0.950 bits per heavy atom. The van der Waals surface area contributed by atoms with Crippen molar-refractivity contribution >= 4 is 11.6 Å². The van der Waals surface area contributed by atoms with Crippen LogP contribution in [0.5, 0.6) is 5.75 Å². The molecule has 1 amide bonds. The van der Waals surface area contributed by atoms with E-state index in [1.165, 1.54) is 29.2 Å². The minimum absolute atomic E-state index is 0.130. The van der Waals surface area contributed by atoms with Gasteiger partial charge in [-0.25, -0.2) is 0 Å². The van der Waals surface area contributed by atoms with Gasteiger partial charge in [0.2, 0.25) is 0 Å². The van der Waals surface area contributed by atoms with E-state index >= 15 is 0 Å². The molecule has 3 aromatic rings. The molecule has 2 heterocycles. The fourth-order valence-corrected chi connectivity index (χ4v) is 4.43. The number of carbonyl (C=O) groups is 1. The van der Waals surface area contributed by atoms with Crippen molar-refractivity contribution in [3.8, 4) is 5.75 Å². The smallest absolute Gasteiger partial charge is 0.406 e. The van der Waals surface area contributed by atoms with Gasteiger partial charge in [0, 0.05) is 11.9 Å². The fourth-order valence-electron chi connectivity index (χ4n) is 4.43. The highest BCUT2D eigenvalue weighted by molar-refractivity contribution is 6.09. The summed E-state index contributed by atoms with van der Waals surface area (Å²) in [6.45, 7) is 7.40. The van der Waals surface area contributed by atoms with Gasteiger partial charge in [0.15, 0.2) is 0 Å². The van der Waals surface area contributed by atoms with E-state index in [-0.39, 0.29) is 11.6 Å². The lowest BCUT2D eigenvalue weighted by Gasteiger charge is -2.29. The highest BCUT2D eigenvalue weighted by Gasteiger charge is 2.39. The van der Waals surface area contributed by atoms with Crippen LogP contribution in [0.15, 0.2) is 78.6 Å². The molecule has 212 valence electrons. The Balaban J connectivity index is 1.71. The van der Waals surface area contributed by atoms with Gasteiger partial charge >= 0.3 is 12.5 Å². The third-order valence-corrected chi connectivity index (χ3v) is 6.55. The maximum atomic E-state index is 13.7. The first-order valence-electron chi connectivity index (χ1n) is 12.4. The highest BCUT2D eigenvalue weighted by Crippen LogP contribution is 2.38. The number of rotatable bonds is 7. The Bertz CT molecular complexity index is 1400. The number of benzene rings is 2. The number of alkyl halides is 6. The van der Waals surface area contributed by atoms with Crippen molar-refractivity contribution in [2.75, 3.05) is 4.90 Å². The number of pyridine rings is 1. The second-order valence-electron chi connectivity index (χ2n) is 10.2. The van der Waals surface area contributed by atoms with Crippen molar-refractivity contribution in [2.24, 2.45) is 0 Å². The van der Waals surface area contributed by atoms with E-state index < -0.39 is 41.5 Å². The molecule has 0 spiro atoms. The molecule has 1 atom stereocenters. The monoisotopic (exact) mass is 563 g/mol. The van der Waals surface area contributed by atoms with Crippen molar-refractivity contribution in [3.05, 3.63) is 101 Å². The first-order valence-corrected chi connectivity index (χ1v) is 12.4. The number of carbonyl (C=O) groups excluding carboxylic acids is 1. The molecule has 4 rings (SSSR count). The van der Waals surface area contributed by atoms with Crippen LogP contribution in [0.3, 0.4) is 0 Å². The Morgan fingerprint density at radius 3 is 2.17 bits per heavy atom. The van der Waals surface area contributed by atoms with E-state index in [1.807, 2.05) is 26.0 Å². The van der Waals surface area contributed by atoms with E-state index in [2.05, 4.69) is 15.0 Å². The van der Waals surface area contributed by atoms with Crippen LogP contribution in [0.4, 0.5) is 32.0 Å². The van der Waals surface area contributed by atoms with Crippen molar-refractivity contribution in [1.82, 2.24) is 10.3 Å². The van der Waals surface area contributed by atoms with Gasteiger partial charge < -0.3 is 10.1 Å². The topological polar surface area (TPSA) is 54.5 Å². The second kappa shape index (κ2) is 10.5. The summed E-state index contributed by atoms with van der Waals surface area (Å²) in [5.41, 5.74) is 0.380. The number of aromatic nitrogens is 1. The highest BCUT2D eigenvalue weighted by atomic mass is 19.4. The number of halogens is 6. The van der Waals surface area contributed by atoms with Crippen LogP contribution < -0.4 is 15.0 Å². The third kappa shape index (κ3) is 6.40. The summed E-state index contributed by atoms with van der Waals surface area (Å²) in [5, 5.41) is 3.10. The molecule has 1 aromatic heterocycles. The van der Waals surface area contributed by atoms with Gasteiger partial charge in [-0.05, 0) is 72.9 Å². The average molecular weight is 564 g/mol. The molecule has 1 unspecified atom stereocenters. The van der Waals surface area contributed by atoms with Crippen LogP contribution in [0.25, 0.3) is 0 Å². The summed E-state index contributed by atoms with van der Waals surface area (Å²) in [4.78, 5) is 18.7. The molecule has 0 fully saturated rings. The SMILES string of the molecule is CC(C)c1ccc(N2C(=O)C(NC(C)(C)c3ccc(C(F)(F)F)nc3)=CC2c2cccc(OC(F)(F)F)c2)cc1. The number of nitrogens with one attached hydrogen (secondary N) is 1. The molecular formula is C29H27F6N3O2. The lowest BCUT2D eigenvalue weighted by atomic mass is 9.95. The second-order valence-corrected chi connectivity index (χ2v) is 10.2. The summed E-state index contributed by atoms with van der Waals surface area (Å²) >= 11 is 0. The Hall–Kier alpha value is -4.02. The van der Waals surface area contributed by atoms with E-state index in [0.717, 1.165) is 17.8 Å². The molecule has 11 heteroatoms. The van der Waals surface area contributed by atoms with E-state index in [1.54, 1.807) is 38.1 Å². The van der Waals surface area contributed by atoms with Crippen molar-refractivity contribution in [2.45, 2.75) is 57.7 Å². The molecule has 1 N–H and O–H groups in total. The van der Waals surface area contributed by atoms with Gasteiger partial charge in [0.25, 0.3) is 5.91 Å². The van der Waals surface area contributed by atoms with Crippen LogP contribution in [0.2, 0.25) is 0 Å². The molecule has 2 aromatic carbocycles. The summed E-state index contributed by atoms with van der Waals surface area (Å²) in [6, 6.07) is 14.0. The minimum Gasteiger partial charge on any atom is -0.406 e. The first-order chi connectivity index (χ1) is 18.5. The number of anilines is 1. The third-order valence-electron chi connectivity index (χ3n) is 6.55. The van der Waals surface area contributed by atoms with Crippen LogP contribution in [0.1, 0.15) is 62.0 Å². The van der Waals surface area contributed by atoms with Crippen LogP contribution in [0, 0.1) is 0 Å². The van der Waals surface area contributed by atoms with Gasteiger partial charge in [0.1, 0.15) is 11.4 Å². The predicted octanol–water partition coefficient (Wildman–Crippen LogP) is 7.62. The molecule has 0 saturated heterocycles. The quantitative estimate of drug-likeness (QED) is 0.301. The Kier molecular flexibility index (Phi) is 7.62. The number of ether oxygens (including phenoxy) is 1. The summed E-state index contributed by atoms with van der Waals surface area (Å²) in [5.74, 6) is -0.653. The number of amides is 1. The summed E-state index contributed by atoms with van der Waals surface area (Å²) in [6.07, 6.45) is -6.82. The zero-order chi connectivity index (χ0) is 29.5. The van der Waals surface area contributed by atoms with E-state index in [9.17, 15) is 31.1 Å². The summed E-state index contributed by atoms with van der Waals surface area (Å²) < 4.78 is 81.7. The number of nitrogens with zero attached hydrogens (tertiary/aromatic N) is 2. The normalized spacial score (nSPS) is 16.4. The van der Waals surface area contributed by atoms with Crippen molar-refractivity contribution in [1.29, 1.82) is 0 Å². The van der Waals surface area contributed by atoms with Crippen molar-refractivity contribution in [3.63, 3.8) is 0 Å². The molecule has 40 heavy (non-hydrogen) atoms. The fraction of sp³-hybridized carbons (Fsp3) is 0.310. The maximum Gasteiger partial charge on any atom is 0.573 e. The van der Waals surface area contributed by atoms with Gasteiger partial charge in [0.05, 0.1) is 17.3 Å². The zero-order valence-corrected chi connectivity index (χ0v) is 22.1. The largest absolute Gasteiger partial charge is 0.573 e. The first kappa shape index (κ1) is 29.0. The zero-order valence-electron chi connectivity index (χ0n) is 22.1. The molecule has 5 nitrogen and oxygen atoms in total. The minimum atomic E-state index is -4.89. The van der Waals surface area contributed by atoms with Gasteiger partial charge in [-0.15, -0.1) is 13.2 Å².